The van der Waals surface area contributed by atoms with Gasteiger partial charge < -0.3 is 5.11 Å². The van der Waals surface area contributed by atoms with E-state index < -0.39 is 10.0 Å². The normalized spacial score (nSPS) is 11.9. The van der Waals surface area contributed by atoms with Gasteiger partial charge in [-0.2, -0.15) is 5.10 Å². The fourth-order valence-corrected chi connectivity index (χ4v) is 4.10. The molecule has 0 fully saturated rings. The van der Waals surface area contributed by atoms with Crippen LogP contribution in [0.3, 0.4) is 0 Å². The molecular weight excluding hydrogens is 298 g/mol. The van der Waals surface area contributed by atoms with Crippen LogP contribution < -0.4 is 4.72 Å². The van der Waals surface area contributed by atoms with Crippen molar-refractivity contribution in [2.24, 2.45) is 7.05 Å². The van der Waals surface area contributed by atoms with Crippen LogP contribution in [0.15, 0.2) is 21.9 Å². The minimum atomic E-state index is -3.54. The SMILES string of the molecule is CCc1nn(C)cc1CNS(=O)(=O)c1cc(CO)cs1. The van der Waals surface area contributed by atoms with Crippen LogP contribution in [-0.4, -0.2) is 23.3 Å². The first-order chi connectivity index (χ1) is 9.46. The van der Waals surface area contributed by atoms with E-state index in [9.17, 15) is 8.42 Å². The molecule has 0 saturated carbocycles. The minimum Gasteiger partial charge on any atom is -0.392 e. The first-order valence-electron chi connectivity index (χ1n) is 6.15. The van der Waals surface area contributed by atoms with Crippen LogP contribution in [0.2, 0.25) is 0 Å². The lowest BCUT2D eigenvalue weighted by Gasteiger charge is -2.04. The smallest absolute Gasteiger partial charge is 0.250 e. The van der Waals surface area contributed by atoms with Crippen molar-refractivity contribution in [1.82, 2.24) is 14.5 Å². The van der Waals surface area contributed by atoms with Gasteiger partial charge in [0, 0.05) is 25.4 Å². The highest BCUT2D eigenvalue weighted by Crippen LogP contribution is 2.20. The Labute approximate surface area is 122 Å². The van der Waals surface area contributed by atoms with Gasteiger partial charge in [-0.3, -0.25) is 4.68 Å². The summed E-state index contributed by atoms with van der Waals surface area (Å²) in [5.74, 6) is 0. The Morgan fingerprint density at radius 3 is 2.85 bits per heavy atom. The maximum Gasteiger partial charge on any atom is 0.250 e. The summed E-state index contributed by atoms with van der Waals surface area (Å²) in [5, 5.41) is 14.9. The molecule has 6 nitrogen and oxygen atoms in total. The number of thiophene rings is 1. The van der Waals surface area contributed by atoms with Crippen LogP contribution in [0.1, 0.15) is 23.7 Å². The number of aromatic nitrogens is 2. The molecule has 0 unspecified atom stereocenters. The molecule has 0 spiro atoms. The fraction of sp³-hybridized carbons (Fsp3) is 0.417. The van der Waals surface area contributed by atoms with E-state index in [1.165, 1.54) is 6.07 Å². The number of hydrogen-bond acceptors (Lipinski definition) is 5. The van der Waals surface area contributed by atoms with E-state index >= 15 is 0 Å². The van der Waals surface area contributed by atoms with Gasteiger partial charge in [-0.1, -0.05) is 6.92 Å². The first-order valence-corrected chi connectivity index (χ1v) is 8.52. The van der Waals surface area contributed by atoms with Crippen LogP contribution in [0.5, 0.6) is 0 Å². The van der Waals surface area contributed by atoms with Gasteiger partial charge in [0.1, 0.15) is 4.21 Å². The number of aliphatic hydroxyl groups is 1. The maximum absolute atomic E-state index is 12.1. The van der Waals surface area contributed by atoms with Gasteiger partial charge in [-0.15, -0.1) is 11.3 Å². The molecule has 0 aliphatic heterocycles. The summed E-state index contributed by atoms with van der Waals surface area (Å²) >= 11 is 1.10. The van der Waals surface area contributed by atoms with Gasteiger partial charge in [0.25, 0.3) is 0 Å². The lowest BCUT2D eigenvalue weighted by molar-refractivity contribution is 0.282. The van der Waals surface area contributed by atoms with E-state index in [4.69, 9.17) is 5.11 Å². The average molecular weight is 315 g/mol. The van der Waals surface area contributed by atoms with Crippen molar-refractivity contribution in [1.29, 1.82) is 0 Å². The molecule has 0 aliphatic rings. The van der Waals surface area contributed by atoms with E-state index in [1.54, 1.807) is 10.1 Å². The van der Waals surface area contributed by atoms with Crippen LogP contribution >= 0.6 is 11.3 Å². The molecule has 0 atom stereocenters. The Bertz CT molecular complexity index is 689. The van der Waals surface area contributed by atoms with Crippen LogP contribution in [0.4, 0.5) is 0 Å². The Hall–Kier alpha value is -1.22. The molecule has 0 bridgehead atoms. The second-order valence-electron chi connectivity index (χ2n) is 4.38. The predicted octanol–water partition coefficient (Wildman–Crippen LogP) is 1.01. The fourth-order valence-electron chi connectivity index (χ4n) is 1.85. The van der Waals surface area contributed by atoms with E-state index in [0.717, 1.165) is 29.0 Å². The van der Waals surface area contributed by atoms with Crippen LogP contribution in [0.25, 0.3) is 0 Å². The molecule has 2 aromatic heterocycles. The molecule has 20 heavy (non-hydrogen) atoms. The van der Waals surface area contributed by atoms with Crippen molar-refractivity contribution >= 4 is 21.4 Å². The molecule has 2 N–H and O–H groups in total. The van der Waals surface area contributed by atoms with Gasteiger partial charge in [0.05, 0.1) is 12.3 Å². The zero-order valence-electron chi connectivity index (χ0n) is 11.3. The zero-order valence-corrected chi connectivity index (χ0v) is 13.0. The van der Waals surface area contributed by atoms with Crippen molar-refractivity contribution < 1.29 is 13.5 Å². The van der Waals surface area contributed by atoms with Crippen LogP contribution in [-0.2, 0) is 36.6 Å². The summed E-state index contributed by atoms with van der Waals surface area (Å²) in [7, 11) is -1.73. The molecule has 2 heterocycles. The molecule has 2 rings (SSSR count). The van der Waals surface area contributed by atoms with Crippen molar-refractivity contribution in [3.8, 4) is 0 Å². The Morgan fingerprint density at radius 2 is 2.25 bits per heavy atom. The largest absolute Gasteiger partial charge is 0.392 e. The summed E-state index contributed by atoms with van der Waals surface area (Å²) < 4.78 is 28.7. The van der Waals surface area contributed by atoms with Crippen molar-refractivity contribution in [2.45, 2.75) is 30.7 Å². The third kappa shape index (κ3) is 3.26. The number of aliphatic hydroxyl groups excluding tert-OH is 1. The maximum atomic E-state index is 12.1. The second kappa shape index (κ2) is 6.04. The lowest BCUT2D eigenvalue weighted by Crippen LogP contribution is -2.22. The topological polar surface area (TPSA) is 84.2 Å². The molecule has 110 valence electrons. The molecule has 2 aromatic rings. The summed E-state index contributed by atoms with van der Waals surface area (Å²) in [6.45, 7) is 2.04. The molecule has 0 radical (unpaired) electrons. The standard InChI is InChI=1S/C12H17N3O3S2/c1-3-11-10(6-15(2)14-11)5-13-20(17,18)12-4-9(7-16)8-19-12/h4,6,8,13,16H,3,5,7H2,1-2H3. The summed E-state index contributed by atoms with van der Waals surface area (Å²) in [5.41, 5.74) is 2.36. The van der Waals surface area contributed by atoms with E-state index in [2.05, 4.69) is 9.82 Å². The van der Waals surface area contributed by atoms with Gasteiger partial charge in [-0.05, 0) is 23.4 Å². The Balaban J connectivity index is 2.12. The number of aryl methyl sites for hydroxylation is 2. The van der Waals surface area contributed by atoms with Gasteiger partial charge >= 0.3 is 0 Å². The second-order valence-corrected chi connectivity index (χ2v) is 7.29. The monoisotopic (exact) mass is 315 g/mol. The van der Waals surface area contributed by atoms with E-state index in [0.29, 0.717) is 5.56 Å². The molecule has 0 saturated heterocycles. The highest BCUT2D eigenvalue weighted by molar-refractivity contribution is 7.91. The average Bonchev–Trinajstić information content (AvgIpc) is 3.02. The number of hydrogen-bond donors (Lipinski definition) is 2. The van der Waals surface area contributed by atoms with E-state index in [1.807, 2.05) is 20.2 Å². The first kappa shape index (κ1) is 15.2. The quantitative estimate of drug-likeness (QED) is 0.833. The van der Waals surface area contributed by atoms with Gasteiger partial charge in [0.15, 0.2) is 0 Å². The number of nitrogens with zero attached hydrogens (tertiary/aromatic N) is 2. The summed E-state index contributed by atoms with van der Waals surface area (Å²) in [6.07, 6.45) is 2.57. The van der Waals surface area contributed by atoms with E-state index in [-0.39, 0.29) is 17.4 Å². The number of sulfonamides is 1. The Kier molecular flexibility index (Phi) is 4.59. The molecule has 8 heteroatoms. The third-order valence-electron chi connectivity index (χ3n) is 2.86. The van der Waals surface area contributed by atoms with Crippen molar-refractivity contribution in [2.75, 3.05) is 0 Å². The van der Waals surface area contributed by atoms with Gasteiger partial charge in [0.2, 0.25) is 10.0 Å². The highest BCUT2D eigenvalue weighted by Gasteiger charge is 2.17. The predicted molar refractivity (Wildman–Crippen MR) is 76.9 cm³/mol. The van der Waals surface area contributed by atoms with Crippen molar-refractivity contribution in [3.05, 3.63) is 34.5 Å². The molecule has 0 aromatic carbocycles. The minimum absolute atomic E-state index is 0.158. The van der Waals surface area contributed by atoms with Crippen LogP contribution in [0, 0.1) is 0 Å². The summed E-state index contributed by atoms with van der Waals surface area (Å²) in [4.78, 5) is 0. The van der Waals surface area contributed by atoms with Crippen molar-refractivity contribution in [3.63, 3.8) is 0 Å². The third-order valence-corrected chi connectivity index (χ3v) is 5.75. The number of rotatable bonds is 6. The Morgan fingerprint density at radius 1 is 1.50 bits per heavy atom. The molecule has 0 aliphatic carbocycles. The molecular formula is C12H17N3O3S2. The highest BCUT2D eigenvalue weighted by atomic mass is 32.2. The zero-order chi connectivity index (χ0) is 14.8. The summed E-state index contributed by atoms with van der Waals surface area (Å²) in [6, 6.07) is 1.48. The number of nitrogens with one attached hydrogen (secondary N) is 1. The molecule has 0 amide bonds. The lowest BCUT2D eigenvalue weighted by atomic mass is 10.2. The van der Waals surface area contributed by atoms with Gasteiger partial charge in [-0.25, -0.2) is 13.1 Å².